The maximum absolute atomic E-state index is 13.1. The van der Waals surface area contributed by atoms with Crippen molar-refractivity contribution in [2.45, 2.75) is 66.4 Å². The Kier molecular flexibility index (Phi) is 10.0. The number of halogens is 2. The first kappa shape index (κ1) is 33.8. The summed E-state index contributed by atoms with van der Waals surface area (Å²) < 4.78 is 36.3. The van der Waals surface area contributed by atoms with Crippen molar-refractivity contribution in [2.75, 3.05) is 37.0 Å². The van der Waals surface area contributed by atoms with Gasteiger partial charge >= 0.3 is 270 Å². The van der Waals surface area contributed by atoms with Crippen molar-refractivity contribution in [3.63, 3.8) is 0 Å². The van der Waals surface area contributed by atoms with Gasteiger partial charge in [-0.2, -0.15) is 0 Å². The molecule has 1 aliphatic rings. The molecule has 10 heteroatoms. The Hall–Kier alpha value is -2.09. The minimum absolute atomic E-state index is 0.128. The summed E-state index contributed by atoms with van der Waals surface area (Å²) in [7, 11) is 14.6. The summed E-state index contributed by atoms with van der Waals surface area (Å²) in [4.78, 5) is 4.73. The summed E-state index contributed by atoms with van der Waals surface area (Å²) in [6.07, 6.45) is -0.128. The standard InChI is InChI=1S/C21H26N2.C12H17NO3S.2ClH.Ru/c1-14-9-16(3)20(17(4)10-14)22-7-8-23(13-22)21-18(5)11-15(2)12-19(21)6;1-9(2)16-12-7-6-11(8-10(12)3)17(14,15)13(4)5;;;/h9-12H,7-8H2,1-6H3;3,6-9H,1-2,4-5H3;2*1H;/q;;;;+2/p-2. The minimum atomic E-state index is -3.95. The molecule has 0 unspecified atom stereocenters. The molecule has 236 valence electrons. The van der Waals surface area contributed by atoms with Gasteiger partial charge in [0, 0.05) is 0 Å². The Morgan fingerprint density at radius 2 is 1.26 bits per heavy atom. The van der Waals surface area contributed by atoms with E-state index in [9.17, 15) is 8.42 Å². The molecule has 1 saturated heterocycles. The topological polar surface area (TPSA) is 53.1 Å². The van der Waals surface area contributed by atoms with Crippen LogP contribution in [0.4, 0.5) is 11.4 Å². The third kappa shape index (κ3) is 6.94. The molecular weight excluding hydrogens is 690 g/mol. The van der Waals surface area contributed by atoms with E-state index in [0.717, 1.165) is 38.0 Å². The SMILES string of the molecule is Cc1cc(C)c(N2CCN(c3c(C)cc(C)cc3C)[C]2=[Ru]([Cl])([Cl])=[CH]c2cc(S(=O)(=O)N(C)C)ccc2OC(C)C)c(C)c1. The van der Waals surface area contributed by atoms with E-state index in [2.05, 4.69) is 75.6 Å². The molecule has 1 heterocycles. The van der Waals surface area contributed by atoms with Crippen LogP contribution in [0.15, 0.2) is 47.4 Å². The van der Waals surface area contributed by atoms with E-state index in [0.29, 0.717) is 24.4 Å². The van der Waals surface area contributed by atoms with Crippen LogP contribution in [0.2, 0.25) is 0 Å². The van der Waals surface area contributed by atoms with Crippen molar-refractivity contribution in [1.82, 2.24) is 4.31 Å². The fourth-order valence-electron chi connectivity index (χ4n) is 5.90. The molecule has 0 saturated carbocycles. The summed E-state index contributed by atoms with van der Waals surface area (Å²) in [6.45, 7) is 18.0. The first-order valence-corrected chi connectivity index (χ1v) is 22.0. The van der Waals surface area contributed by atoms with Gasteiger partial charge < -0.3 is 0 Å². The van der Waals surface area contributed by atoms with Crippen LogP contribution in [0.1, 0.15) is 52.8 Å². The molecule has 0 atom stereocenters. The Bertz CT molecular complexity index is 1690. The zero-order chi connectivity index (χ0) is 32.0. The fraction of sp³-hybridized carbons (Fsp3) is 0.394. The second kappa shape index (κ2) is 12.7. The van der Waals surface area contributed by atoms with E-state index in [1.54, 1.807) is 18.2 Å². The molecule has 0 amide bonds. The first-order chi connectivity index (χ1) is 19.9. The monoisotopic (exact) mass is 733 g/mol. The molecule has 3 aromatic rings. The van der Waals surface area contributed by atoms with E-state index in [-0.39, 0.29) is 11.0 Å². The van der Waals surface area contributed by atoms with Crippen molar-refractivity contribution in [3.8, 4) is 5.75 Å². The number of hydrogen-bond donors (Lipinski definition) is 0. The van der Waals surface area contributed by atoms with Crippen LogP contribution in [0.3, 0.4) is 0 Å². The molecule has 0 radical (unpaired) electrons. The fourth-order valence-corrected chi connectivity index (χ4v) is 12.9. The first-order valence-electron chi connectivity index (χ1n) is 14.2. The quantitative estimate of drug-likeness (QED) is 0.239. The third-order valence-electron chi connectivity index (χ3n) is 7.36. The van der Waals surface area contributed by atoms with Crippen LogP contribution >= 0.6 is 19.4 Å². The molecule has 0 aromatic heterocycles. The van der Waals surface area contributed by atoms with E-state index < -0.39 is 21.9 Å². The maximum atomic E-state index is 13.1. The predicted octanol–water partition coefficient (Wildman–Crippen LogP) is 7.30. The van der Waals surface area contributed by atoms with E-state index >= 15 is 0 Å². The molecule has 3 aromatic carbocycles. The Morgan fingerprint density at radius 3 is 1.65 bits per heavy atom. The number of ether oxygens (including phenoxy) is 1. The molecule has 6 nitrogen and oxygen atoms in total. The van der Waals surface area contributed by atoms with Crippen molar-refractivity contribution in [3.05, 3.63) is 81.4 Å². The predicted molar refractivity (Wildman–Crippen MR) is 181 cm³/mol. The van der Waals surface area contributed by atoms with Gasteiger partial charge in [0.15, 0.2) is 0 Å². The zero-order valence-corrected chi connectivity index (χ0v) is 30.8. The van der Waals surface area contributed by atoms with E-state index in [1.807, 2.05) is 18.5 Å². The van der Waals surface area contributed by atoms with Gasteiger partial charge in [0.05, 0.1) is 0 Å². The van der Waals surface area contributed by atoms with Crippen LogP contribution in [-0.4, -0.2) is 55.0 Å². The van der Waals surface area contributed by atoms with Gasteiger partial charge in [0.25, 0.3) is 0 Å². The van der Waals surface area contributed by atoms with Crippen molar-refractivity contribution in [1.29, 1.82) is 0 Å². The summed E-state index contributed by atoms with van der Waals surface area (Å²) in [5, 5.41) is 0. The van der Waals surface area contributed by atoms with Crippen molar-refractivity contribution < 1.29 is 25.0 Å². The van der Waals surface area contributed by atoms with Gasteiger partial charge in [-0.05, 0) is 0 Å². The molecule has 43 heavy (non-hydrogen) atoms. The number of hydrogen-bond acceptors (Lipinski definition) is 5. The van der Waals surface area contributed by atoms with E-state index in [1.165, 1.54) is 29.5 Å². The number of benzene rings is 3. The molecule has 0 aliphatic carbocycles. The van der Waals surface area contributed by atoms with Gasteiger partial charge in [0.1, 0.15) is 0 Å². The van der Waals surface area contributed by atoms with Crippen LogP contribution in [0.25, 0.3) is 0 Å². The number of anilines is 2. The zero-order valence-electron chi connectivity index (χ0n) is 26.7. The van der Waals surface area contributed by atoms with Crippen LogP contribution < -0.4 is 14.5 Å². The Balaban J connectivity index is 2.11. The summed E-state index contributed by atoms with van der Waals surface area (Å²) >= 11 is -3.95. The van der Waals surface area contributed by atoms with Gasteiger partial charge in [0.2, 0.25) is 0 Å². The number of rotatable bonds is 7. The van der Waals surface area contributed by atoms with Gasteiger partial charge in [-0.25, -0.2) is 0 Å². The summed E-state index contributed by atoms with van der Waals surface area (Å²) in [6, 6.07) is 13.6. The number of nitrogens with zero attached hydrogens (tertiary/aromatic N) is 3. The summed E-state index contributed by atoms with van der Waals surface area (Å²) in [5.74, 6) is 0.543. The molecule has 1 aliphatic heterocycles. The van der Waals surface area contributed by atoms with Crippen LogP contribution in [0, 0.1) is 41.5 Å². The Labute approximate surface area is 268 Å². The molecule has 4 rings (SSSR count). The van der Waals surface area contributed by atoms with Gasteiger partial charge in [-0.15, -0.1) is 0 Å². The Morgan fingerprint density at radius 1 is 0.814 bits per heavy atom. The van der Waals surface area contributed by atoms with Crippen molar-refractivity contribution >= 4 is 49.7 Å². The average molecular weight is 734 g/mol. The van der Waals surface area contributed by atoms with Crippen molar-refractivity contribution in [2.24, 2.45) is 0 Å². The van der Waals surface area contributed by atoms with Crippen LogP contribution in [-0.2, 0) is 21.9 Å². The summed E-state index contributed by atoms with van der Waals surface area (Å²) in [5.41, 5.74) is 9.79. The molecule has 0 bridgehead atoms. The normalized spacial score (nSPS) is 14.7. The third-order valence-corrected chi connectivity index (χ3v) is 14.6. The van der Waals surface area contributed by atoms with Crippen LogP contribution in [0.5, 0.6) is 5.75 Å². The molecular formula is C33H43Cl2N3O3RuS. The second-order valence-corrected chi connectivity index (χ2v) is 23.1. The van der Waals surface area contributed by atoms with Gasteiger partial charge in [-0.3, -0.25) is 0 Å². The number of sulfonamides is 1. The van der Waals surface area contributed by atoms with E-state index in [4.69, 9.17) is 24.1 Å². The molecule has 0 spiro atoms. The molecule has 1 fully saturated rings. The molecule has 0 N–H and O–H groups in total. The average Bonchev–Trinajstić information content (AvgIpc) is 3.28. The number of aryl methyl sites for hydroxylation is 6. The second-order valence-electron chi connectivity index (χ2n) is 11.8. The van der Waals surface area contributed by atoms with Gasteiger partial charge in [-0.1, -0.05) is 0 Å².